The van der Waals surface area contributed by atoms with Gasteiger partial charge in [-0.05, 0) is 26.0 Å². The molecule has 1 amide bonds. The van der Waals surface area contributed by atoms with E-state index in [1.165, 1.54) is 12.1 Å². The van der Waals surface area contributed by atoms with Crippen LogP contribution in [0.3, 0.4) is 0 Å². The number of non-ortho nitro benzene ring substituents is 1. The molecule has 2 aromatic carbocycles. The molecule has 124 valence electrons. The van der Waals surface area contributed by atoms with Crippen molar-refractivity contribution in [3.8, 4) is 5.75 Å². The highest BCUT2D eigenvalue weighted by Gasteiger charge is 2.08. The van der Waals surface area contributed by atoms with Gasteiger partial charge in [-0.2, -0.15) is 5.10 Å². The van der Waals surface area contributed by atoms with E-state index in [1.807, 2.05) is 19.1 Å². The van der Waals surface area contributed by atoms with Gasteiger partial charge in [0.1, 0.15) is 5.75 Å². The summed E-state index contributed by atoms with van der Waals surface area (Å²) in [7, 11) is 0. The minimum atomic E-state index is -0.481. The molecule has 0 atom stereocenters. The van der Waals surface area contributed by atoms with E-state index in [0.717, 1.165) is 5.56 Å². The Balaban J connectivity index is 1.91. The van der Waals surface area contributed by atoms with E-state index in [-0.39, 0.29) is 12.3 Å². The first-order valence-corrected chi connectivity index (χ1v) is 7.23. The van der Waals surface area contributed by atoms with Gasteiger partial charge >= 0.3 is 0 Å². The summed E-state index contributed by atoms with van der Waals surface area (Å²) in [6.45, 7) is 3.44. The highest BCUT2D eigenvalue weighted by molar-refractivity contribution is 5.99. The lowest BCUT2D eigenvalue weighted by Gasteiger charge is -2.06. The Hall–Kier alpha value is -3.22. The number of nitro groups is 1. The van der Waals surface area contributed by atoms with E-state index in [1.54, 1.807) is 31.2 Å². The Labute approximate surface area is 139 Å². The Morgan fingerprint density at radius 1 is 1.25 bits per heavy atom. The smallest absolute Gasteiger partial charge is 0.277 e. The topological polar surface area (TPSA) is 93.8 Å². The number of ether oxygens (including phenoxy) is 1. The molecule has 7 heteroatoms. The molecule has 2 aromatic rings. The van der Waals surface area contributed by atoms with Gasteiger partial charge in [-0.1, -0.05) is 29.8 Å². The van der Waals surface area contributed by atoms with Crippen molar-refractivity contribution in [2.45, 2.75) is 13.8 Å². The number of benzene rings is 2. The average molecular weight is 327 g/mol. The number of hydrogen-bond acceptors (Lipinski definition) is 5. The summed E-state index contributed by atoms with van der Waals surface area (Å²) >= 11 is 0. The molecule has 0 saturated heterocycles. The number of aryl methyl sites for hydroxylation is 1. The Morgan fingerprint density at radius 2 is 1.96 bits per heavy atom. The number of hydrogen-bond donors (Lipinski definition) is 1. The normalized spacial score (nSPS) is 11.0. The Kier molecular flexibility index (Phi) is 5.62. The molecule has 0 aliphatic rings. The predicted molar refractivity (Wildman–Crippen MR) is 90.1 cm³/mol. The van der Waals surface area contributed by atoms with Gasteiger partial charge < -0.3 is 4.74 Å². The number of carbonyl (C=O) groups excluding carboxylic acids is 1. The first-order chi connectivity index (χ1) is 11.5. The van der Waals surface area contributed by atoms with Gasteiger partial charge in [0.05, 0.1) is 10.6 Å². The van der Waals surface area contributed by atoms with Crippen LogP contribution in [0.4, 0.5) is 5.69 Å². The van der Waals surface area contributed by atoms with E-state index >= 15 is 0 Å². The lowest BCUT2D eigenvalue weighted by molar-refractivity contribution is -0.384. The Morgan fingerprint density at radius 3 is 2.62 bits per heavy atom. The number of nitrogens with zero attached hydrogens (tertiary/aromatic N) is 2. The van der Waals surface area contributed by atoms with Gasteiger partial charge in [-0.25, -0.2) is 5.43 Å². The molecule has 0 saturated carbocycles. The van der Waals surface area contributed by atoms with Crippen molar-refractivity contribution in [1.82, 2.24) is 5.43 Å². The van der Waals surface area contributed by atoms with Gasteiger partial charge in [0.15, 0.2) is 6.61 Å². The number of rotatable bonds is 6. The number of carbonyl (C=O) groups is 1. The molecular weight excluding hydrogens is 310 g/mol. The molecule has 0 aliphatic carbocycles. The summed E-state index contributed by atoms with van der Waals surface area (Å²) in [4.78, 5) is 22.0. The summed E-state index contributed by atoms with van der Waals surface area (Å²) in [6, 6.07) is 13.4. The third kappa shape index (κ3) is 4.91. The average Bonchev–Trinajstić information content (AvgIpc) is 2.59. The second kappa shape index (κ2) is 7.87. The third-order valence-electron chi connectivity index (χ3n) is 3.21. The standard InChI is InChI=1S/C17H17N3O4/c1-12-6-8-16(9-7-12)24-11-17(21)19-18-13(2)14-4-3-5-15(10-14)20(22)23/h3-10H,11H2,1-2H3,(H,19,21). The monoisotopic (exact) mass is 327 g/mol. The van der Waals surface area contributed by atoms with Crippen LogP contribution in [0.15, 0.2) is 53.6 Å². The molecule has 0 aliphatic heterocycles. The molecule has 0 fully saturated rings. The van der Waals surface area contributed by atoms with Crippen molar-refractivity contribution in [2.75, 3.05) is 6.61 Å². The van der Waals surface area contributed by atoms with Gasteiger partial charge in [0.25, 0.3) is 11.6 Å². The van der Waals surface area contributed by atoms with E-state index in [2.05, 4.69) is 10.5 Å². The van der Waals surface area contributed by atoms with Crippen LogP contribution in [0.2, 0.25) is 0 Å². The van der Waals surface area contributed by atoms with Crippen molar-refractivity contribution in [3.63, 3.8) is 0 Å². The number of nitrogens with one attached hydrogen (secondary N) is 1. The largest absolute Gasteiger partial charge is 0.484 e. The molecule has 7 nitrogen and oxygen atoms in total. The zero-order valence-electron chi connectivity index (χ0n) is 13.4. The molecule has 0 unspecified atom stereocenters. The predicted octanol–water partition coefficient (Wildman–Crippen LogP) is 2.82. The van der Waals surface area contributed by atoms with Crippen LogP contribution in [-0.4, -0.2) is 23.1 Å². The minimum Gasteiger partial charge on any atom is -0.484 e. The summed E-state index contributed by atoms with van der Waals surface area (Å²) in [5, 5.41) is 14.7. The van der Waals surface area contributed by atoms with E-state index in [9.17, 15) is 14.9 Å². The van der Waals surface area contributed by atoms with Gasteiger partial charge in [-0.3, -0.25) is 14.9 Å². The second-order valence-electron chi connectivity index (χ2n) is 5.14. The molecule has 1 N–H and O–H groups in total. The molecule has 24 heavy (non-hydrogen) atoms. The van der Waals surface area contributed by atoms with Gasteiger partial charge in [-0.15, -0.1) is 0 Å². The third-order valence-corrected chi connectivity index (χ3v) is 3.21. The fourth-order valence-electron chi connectivity index (χ4n) is 1.87. The van der Waals surface area contributed by atoms with Crippen molar-refractivity contribution < 1.29 is 14.5 Å². The number of hydrazone groups is 1. The van der Waals surface area contributed by atoms with E-state index in [4.69, 9.17) is 4.74 Å². The van der Waals surface area contributed by atoms with Crippen molar-refractivity contribution in [2.24, 2.45) is 5.10 Å². The fraction of sp³-hybridized carbons (Fsp3) is 0.176. The first kappa shape index (κ1) is 17.1. The maximum absolute atomic E-state index is 11.7. The van der Waals surface area contributed by atoms with Crippen LogP contribution in [0.25, 0.3) is 0 Å². The number of nitro benzene ring substituents is 1. The molecule has 0 spiro atoms. The van der Waals surface area contributed by atoms with Gasteiger partial charge in [0, 0.05) is 17.7 Å². The van der Waals surface area contributed by atoms with Crippen LogP contribution in [-0.2, 0) is 4.79 Å². The molecule has 0 bridgehead atoms. The maximum atomic E-state index is 11.7. The van der Waals surface area contributed by atoms with Crippen molar-refractivity contribution in [3.05, 3.63) is 69.8 Å². The molecule has 0 radical (unpaired) electrons. The van der Waals surface area contributed by atoms with E-state index in [0.29, 0.717) is 17.0 Å². The molecule has 0 aromatic heterocycles. The first-order valence-electron chi connectivity index (χ1n) is 7.23. The summed E-state index contributed by atoms with van der Waals surface area (Å²) in [6.07, 6.45) is 0. The second-order valence-corrected chi connectivity index (χ2v) is 5.14. The van der Waals surface area contributed by atoms with Crippen LogP contribution < -0.4 is 10.2 Å². The number of amides is 1. The molecule has 2 rings (SSSR count). The maximum Gasteiger partial charge on any atom is 0.277 e. The SMILES string of the molecule is CC(=NNC(=O)COc1ccc(C)cc1)c1cccc([N+](=O)[O-])c1. The van der Waals surface area contributed by atoms with Gasteiger partial charge in [0.2, 0.25) is 0 Å². The summed E-state index contributed by atoms with van der Waals surface area (Å²) in [5.74, 6) is 0.176. The highest BCUT2D eigenvalue weighted by atomic mass is 16.6. The van der Waals surface area contributed by atoms with Crippen molar-refractivity contribution in [1.29, 1.82) is 0 Å². The molecular formula is C17H17N3O4. The fourth-order valence-corrected chi connectivity index (χ4v) is 1.87. The highest BCUT2D eigenvalue weighted by Crippen LogP contribution is 2.14. The van der Waals surface area contributed by atoms with Crippen molar-refractivity contribution >= 4 is 17.3 Å². The van der Waals surface area contributed by atoms with E-state index < -0.39 is 10.8 Å². The zero-order valence-corrected chi connectivity index (χ0v) is 13.4. The lowest BCUT2D eigenvalue weighted by atomic mass is 10.1. The summed E-state index contributed by atoms with van der Waals surface area (Å²) < 4.78 is 5.34. The summed E-state index contributed by atoms with van der Waals surface area (Å²) in [5.41, 5.74) is 4.45. The van der Waals surface area contributed by atoms with Crippen LogP contribution in [0, 0.1) is 17.0 Å². The lowest BCUT2D eigenvalue weighted by Crippen LogP contribution is -2.25. The van der Waals surface area contributed by atoms with Crippen LogP contribution >= 0.6 is 0 Å². The molecule has 0 heterocycles. The van der Waals surface area contributed by atoms with Crippen LogP contribution in [0.1, 0.15) is 18.1 Å². The minimum absolute atomic E-state index is 0.0314. The van der Waals surface area contributed by atoms with Crippen LogP contribution in [0.5, 0.6) is 5.75 Å². The quantitative estimate of drug-likeness (QED) is 0.501. The zero-order chi connectivity index (χ0) is 17.5. The Bertz CT molecular complexity index is 770.